The van der Waals surface area contributed by atoms with E-state index >= 15 is 0 Å². The first-order valence-corrected chi connectivity index (χ1v) is 4.60. The number of fused-ring (bicyclic) bond motifs is 1. The first-order valence-electron chi connectivity index (χ1n) is 4.60. The van der Waals surface area contributed by atoms with Gasteiger partial charge >= 0.3 is 0 Å². The van der Waals surface area contributed by atoms with Crippen molar-refractivity contribution in [1.29, 1.82) is 0 Å². The highest BCUT2D eigenvalue weighted by Crippen LogP contribution is 2.23. The van der Waals surface area contributed by atoms with Crippen molar-refractivity contribution in [2.24, 2.45) is 0 Å². The fourth-order valence-corrected chi connectivity index (χ4v) is 1.75. The fourth-order valence-electron chi connectivity index (χ4n) is 1.75. The maximum atomic E-state index is 8.95. The van der Waals surface area contributed by atoms with Gasteiger partial charge in [-0.1, -0.05) is 0 Å². The van der Waals surface area contributed by atoms with Crippen LogP contribution in [0.15, 0.2) is 6.07 Å². The minimum atomic E-state index is 0.0381. The summed E-state index contributed by atoms with van der Waals surface area (Å²) in [5.41, 5.74) is 1.98. The third kappa shape index (κ3) is 1.36. The molecule has 1 aromatic heterocycles. The van der Waals surface area contributed by atoms with Crippen molar-refractivity contribution in [2.45, 2.75) is 26.1 Å². The molecule has 0 bridgehead atoms. The summed E-state index contributed by atoms with van der Waals surface area (Å²) < 4.78 is 2.00. The largest absolute Gasteiger partial charge is 0.390 e. The summed E-state index contributed by atoms with van der Waals surface area (Å²) in [6, 6.07) is 2.39. The van der Waals surface area contributed by atoms with Crippen LogP contribution in [-0.4, -0.2) is 33.4 Å². The quantitative estimate of drug-likeness (QED) is 0.681. The Morgan fingerprint density at radius 2 is 2.38 bits per heavy atom. The normalized spacial score (nSPS) is 23.2. The average molecular weight is 181 g/mol. The van der Waals surface area contributed by atoms with Gasteiger partial charge in [-0.3, -0.25) is 9.58 Å². The number of nitrogens with zero attached hydrogens (tertiary/aromatic N) is 3. The summed E-state index contributed by atoms with van der Waals surface area (Å²) in [5, 5.41) is 13.2. The minimum Gasteiger partial charge on any atom is -0.390 e. The fraction of sp³-hybridized carbons (Fsp3) is 0.667. The van der Waals surface area contributed by atoms with Gasteiger partial charge in [-0.15, -0.1) is 0 Å². The van der Waals surface area contributed by atoms with Crippen LogP contribution in [0.5, 0.6) is 0 Å². The molecule has 2 rings (SSSR count). The van der Waals surface area contributed by atoms with Gasteiger partial charge in [-0.05, 0) is 20.0 Å². The molecule has 0 radical (unpaired) electrons. The Balaban J connectivity index is 2.36. The molecule has 4 nitrogen and oxygen atoms in total. The third-order valence-electron chi connectivity index (χ3n) is 2.78. The lowest BCUT2D eigenvalue weighted by atomic mass is 10.1. The average Bonchev–Trinajstić information content (AvgIpc) is 2.55. The molecule has 2 heterocycles. The monoisotopic (exact) mass is 181 g/mol. The van der Waals surface area contributed by atoms with Crippen LogP contribution in [-0.2, 0) is 13.2 Å². The topological polar surface area (TPSA) is 41.3 Å². The van der Waals surface area contributed by atoms with Gasteiger partial charge in [0.15, 0.2) is 0 Å². The minimum absolute atomic E-state index is 0.0381. The molecule has 4 heteroatoms. The zero-order valence-corrected chi connectivity index (χ0v) is 8.06. The van der Waals surface area contributed by atoms with E-state index in [0.717, 1.165) is 18.8 Å². The molecule has 0 amide bonds. The van der Waals surface area contributed by atoms with Gasteiger partial charge < -0.3 is 5.11 Å². The van der Waals surface area contributed by atoms with Crippen molar-refractivity contribution >= 4 is 0 Å². The van der Waals surface area contributed by atoms with Crippen LogP contribution in [0, 0.1) is 0 Å². The van der Waals surface area contributed by atoms with Gasteiger partial charge in [0.2, 0.25) is 0 Å². The molecule has 1 aromatic rings. The summed E-state index contributed by atoms with van der Waals surface area (Å²) >= 11 is 0. The van der Waals surface area contributed by atoms with Crippen molar-refractivity contribution < 1.29 is 5.11 Å². The van der Waals surface area contributed by atoms with E-state index in [2.05, 4.69) is 24.0 Å². The maximum Gasteiger partial charge on any atom is 0.0882 e. The molecule has 13 heavy (non-hydrogen) atoms. The second-order valence-corrected chi connectivity index (χ2v) is 3.60. The predicted octanol–water partition coefficient (Wildman–Crippen LogP) is 0.382. The van der Waals surface area contributed by atoms with Crippen LogP contribution in [0.4, 0.5) is 0 Å². The Morgan fingerprint density at radius 3 is 3.08 bits per heavy atom. The van der Waals surface area contributed by atoms with Gasteiger partial charge in [-0.2, -0.15) is 5.10 Å². The highest BCUT2D eigenvalue weighted by molar-refractivity contribution is 5.14. The van der Waals surface area contributed by atoms with Crippen LogP contribution >= 0.6 is 0 Å². The molecule has 0 aromatic carbocycles. The van der Waals surface area contributed by atoms with Gasteiger partial charge in [0.1, 0.15) is 0 Å². The van der Waals surface area contributed by atoms with E-state index in [4.69, 9.17) is 5.11 Å². The first kappa shape index (κ1) is 8.72. The molecule has 1 aliphatic heterocycles. The van der Waals surface area contributed by atoms with Crippen molar-refractivity contribution in [1.82, 2.24) is 14.7 Å². The zero-order chi connectivity index (χ0) is 9.42. The summed E-state index contributed by atoms with van der Waals surface area (Å²) in [6.07, 6.45) is 0. The summed E-state index contributed by atoms with van der Waals surface area (Å²) in [4.78, 5) is 2.29. The smallest absolute Gasteiger partial charge is 0.0882 e. The second kappa shape index (κ2) is 3.12. The lowest BCUT2D eigenvalue weighted by Gasteiger charge is -2.30. The maximum absolute atomic E-state index is 8.95. The molecule has 1 unspecified atom stereocenters. The highest BCUT2D eigenvalue weighted by Gasteiger charge is 2.22. The van der Waals surface area contributed by atoms with Crippen molar-refractivity contribution in [3.8, 4) is 0 Å². The number of rotatable bonds is 1. The molecule has 0 aliphatic carbocycles. The predicted molar refractivity (Wildman–Crippen MR) is 49.2 cm³/mol. The standard InChI is InChI=1S/C9H15N3O/c1-7-9-5-8(6-13)10-12(9)4-3-11(7)2/h5,7,13H,3-4,6H2,1-2H3. The van der Waals surface area contributed by atoms with Crippen LogP contribution in [0.3, 0.4) is 0 Å². The van der Waals surface area contributed by atoms with Crippen molar-refractivity contribution in [3.63, 3.8) is 0 Å². The molecule has 0 saturated heterocycles. The highest BCUT2D eigenvalue weighted by atomic mass is 16.3. The number of likely N-dealkylation sites (N-methyl/N-ethyl adjacent to an activating group) is 1. The van der Waals surface area contributed by atoms with E-state index in [1.807, 2.05) is 10.7 Å². The third-order valence-corrected chi connectivity index (χ3v) is 2.78. The van der Waals surface area contributed by atoms with E-state index in [0.29, 0.717) is 6.04 Å². The number of hydrogen-bond acceptors (Lipinski definition) is 3. The molecule has 1 aliphatic rings. The summed E-state index contributed by atoms with van der Waals surface area (Å²) in [5.74, 6) is 0. The Morgan fingerprint density at radius 1 is 1.62 bits per heavy atom. The number of hydrogen-bond donors (Lipinski definition) is 1. The van der Waals surface area contributed by atoms with Crippen LogP contribution in [0.2, 0.25) is 0 Å². The van der Waals surface area contributed by atoms with E-state index < -0.39 is 0 Å². The van der Waals surface area contributed by atoms with E-state index in [1.54, 1.807) is 0 Å². The Kier molecular flexibility index (Phi) is 2.09. The lowest BCUT2D eigenvalue weighted by molar-refractivity contribution is 0.202. The molecule has 0 fully saturated rings. The van der Waals surface area contributed by atoms with Gasteiger partial charge in [0, 0.05) is 12.6 Å². The summed E-state index contributed by atoms with van der Waals surface area (Å²) in [6.45, 7) is 4.15. The SMILES string of the molecule is CC1c2cc(CO)nn2CCN1C. The zero-order valence-electron chi connectivity index (χ0n) is 8.06. The molecule has 72 valence electrons. The number of aliphatic hydroxyl groups is 1. The molecular weight excluding hydrogens is 166 g/mol. The molecule has 0 saturated carbocycles. The molecule has 1 atom stereocenters. The van der Waals surface area contributed by atoms with Crippen LogP contribution in [0.1, 0.15) is 24.4 Å². The Labute approximate surface area is 77.8 Å². The van der Waals surface area contributed by atoms with E-state index in [1.165, 1.54) is 5.69 Å². The van der Waals surface area contributed by atoms with Crippen LogP contribution in [0.25, 0.3) is 0 Å². The van der Waals surface area contributed by atoms with Crippen molar-refractivity contribution in [3.05, 3.63) is 17.5 Å². The van der Waals surface area contributed by atoms with Gasteiger partial charge in [-0.25, -0.2) is 0 Å². The van der Waals surface area contributed by atoms with Gasteiger partial charge in [0.05, 0.1) is 24.5 Å². The Hall–Kier alpha value is -0.870. The molecule has 0 spiro atoms. The summed E-state index contributed by atoms with van der Waals surface area (Å²) in [7, 11) is 2.11. The second-order valence-electron chi connectivity index (χ2n) is 3.60. The van der Waals surface area contributed by atoms with E-state index in [9.17, 15) is 0 Å². The van der Waals surface area contributed by atoms with Crippen molar-refractivity contribution in [2.75, 3.05) is 13.6 Å². The lowest BCUT2D eigenvalue weighted by Crippen LogP contribution is -2.33. The Bertz CT molecular complexity index is 308. The molecule has 1 N–H and O–H groups in total. The first-order chi connectivity index (χ1) is 6.22. The number of aromatic nitrogens is 2. The van der Waals surface area contributed by atoms with Gasteiger partial charge in [0.25, 0.3) is 0 Å². The molecular formula is C9H15N3O. The van der Waals surface area contributed by atoms with Crippen LogP contribution < -0.4 is 0 Å². The van der Waals surface area contributed by atoms with E-state index in [-0.39, 0.29) is 6.61 Å². The number of aliphatic hydroxyl groups excluding tert-OH is 1.